The Morgan fingerprint density at radius 2 is 1.78 bits per heavy atom. The number of hydrogen-bond acceptors (Lipinski definition) is 1. The average molecular weight is 330 g/mol. The molecule has 0 aliphatic rings. The molecule has 2 aromatic rings. The van der Waals surface area contributed by atoms with Gasteiger partial charge in [0.1, 0.15) is 11.6 Å². The normalized spacial score (nSPS) is 12.2. The van der Waals surface area contributed by atoms with Gasteiger partial charge in [0, 0.05) is 4.47 Å². The molecule has 1 unspecified atom stereocenters. The molecule has 2 aromatic carbocycles. The average Bonchev–Trinajstić information content (AvgIpc) is 2.37. The third kappa shape index (κ3) is 3.03. The van der Waals surface area contributed by atoms with Gasteiger partial charge in [0.15, 0.2) is 0 Å². The second-order valence-corrected chi connectivity index (χ2v) is 5.19. The lowest BCUT2D eigenvalue weighted by Crippen LogP contribution is -1.94. The van der Waals surface area contributed by atoms with Crippen molar-refractivity contribution in [1.29, 1.82) is 0 Å². The van der Waals surface area contributed by atoms with Crippen molar-refractivity contribution in [2.45, 2.75) is 5.38 Å². The van der Waals surface area contributed by atoms with Crippen molar-refractivity contribution in [2.75, 3.05) is 7.11 Å². The summed E-state index contributed by atoms with van der Waals surface area (Å²) in [5, 5.41) is -0.386. The van der Waals surface area contributed by atoms with E-state index in [0.29, 0.717) is 10.0 Å². The third-order valence-electron chi connectivity index (χ3n) is 2.59. The van der Waals surface area contributed by atoms with Crippen molar-refractivity contribution in [2.24, 2.45) is 0 Å². The Morgan fingerprint density at radius 1 is 1.11 bits per heavy atom. The first kappa shape index (κ1) is 13.4. The molecule has 0 radical (unpaired) electrons. The van der Waals surface area contributed by atoms with E-state index in [2.05, 4.69) is 15.9 Å². The number of rotatable bonds is 3. The summed E-state index contributed by atoms with van der Waals surface area (Å²) in [6.45, 7) is 0. The third-order valence-corrected chi connectivity index (χ3v) is 3.55. The monoisotopic (exact) mass is 328 g/mol. The Bertz CT molecular complexity index is 522. The SMILES string of the molecule is COc1ccc(C(Cl)c2cc(F)cc(Br)c2)cc1. The van der Waals surface area contributed by atoms with E-state index in [1.807, 2.05) is 30.3 Å². The fraction of sp³-hybridized carbons (Fsp3) is 0.143. The standard InChI is InChI=1S/C14H11BrClFO/c1-18-13-4-2-9(3-5-13)14(16)10-6-11(15)8-12(17)7-10/h2-8,14H,1H3. The fourth-order valence-electron chi connectivity index (χ4n) is 1.69. The summed E-state index contributed by atoms with van der Waals surface area (Å²) in [5.74, 6) is 0.460. The Morgan fingerprint density at radius 3 is 2.33 bits per heavy atom. The molecular weight excluding hydrogens is 319 g/mol. The lowest BCUT2D eigenvalue weighted by atomic mass is 10.0. The Labute approximate surface area is 119 Å². The molecular formula is C14H11BrClFO. The topological polar surface area (TPSA) is 9.23 Å². The van der Waals surface area contributed by atoms with E-state index in [1.54, 1.807) is 7.11 Å². The maximum Gasteiger partial charge on any atom is 0.124 e. The molecule has 0 aliphatic carbocycles. The highest BCUT2D eigenvalue weighted by molar-refractivity contribution is 9.10. The van der Waals surface area contributed by atoms with Crippen LogP contribution in [-0.4, -0.2) is 7.11 Å². The Kier molecular flexibility index (Phi) is 4.25. The van der Waals surface area contributed by atoms with Crippen molar-refractivity contribution in [3.05, 3.63) is 63.9 Å². The molecule has 2 rings (SSSR count). The molecule has 0 saturated heterocycles. The number of ether oxygens (including phenoxy) is 1. The van der Waals surface area contributed by atoms with E-state index in [1.165, 1.54) is 12.1 Å². The van der Waals surface area contributed by atoms with Gasteiger partial charge in [0.05, 0.1) is 12.5 Å². The van der Waals surface area contributed by atoms with Crippen LogP contribution in [0.2, 0.25) is 0 Å². The van der Waals surface area contributed by atoms with E-state index in [-0.39, 0.29) is 11.2 Å². The number of hydrogen-bond donors (Lipinski definition) is 0. The van der Waals surface area contributed by atoms with Gasteiger partial charge in [0.25, 0.3) is 0 Å². The van der Waals surface area contributed by atoms with Gasteiger partial charge in [-0.15, -0.1) is 11.6 Å². The van der Waals surface area contributed by atoms with E-state index < -0.39 is 0 Å². The summed E-state index contributed by atoms with van der Waals surface area (Å²) in [4.78, 5) is 0. The minimum absolute atomic E-state index is 0.307. The van der Waals surface area contributed by atoms with Gasteiger partial charge in [0.2, 0.25) is 0 Å². The summed E-state index contributed by atoms with van der Waals surface area (Å²) >= 11 is 9.60. The van der Waals surface area contributed by atoms with Crippen LogP contribution in [0.5, 0.6) is 5.75 Å². The van der Waals surface area contributed by atoms with E-state index in [9.17, 15) is 4.39 Å². The quantitative estimate of drug-likeness (QED) is 0.726. The number of halogens is 3. The molecule has 0 aliphatic heterocycles. The van der Waals surface area contributed by atoms with Crippen molar-refractivity contribution in [3.8, 4) is 5.75 Å². The predicted octanol–water partition coefficient (Wildman–Crippen LogP) is 4.93. The van der Waals surface area contributed by atoms with Gasteiger partial charge < -0.3 is 4.74 Å². The zero-order valence-corrected chi connectivity index (χ0v) is 12.0. The smallest absolute Gasteiger partial charge is 0.124 e. The van der Waals surface area contributed by atoms with Gasteiger partial charge in [-0.1, -0.05) is 28.1 Å². The molecule has 1 atom stereocenters. The molecule has 94 valence electrons. The Balaban J connectivity index is 2.31. The highest BCUT2D eigenvalue weighted by Crippen LogP contribution is 2.31. The summed E-state index contributed by atoms with van der Waals surface area (Å²) in [6.07, 6.45) is 0. The zero-order valence-electron chi connectivity index (χ0n) is 9.66. The molecule has 4 heteroatoms. The number of benzene rings is 2. The minimum Gasteiger partial charge on any atom is -0.497 e. The molecule has 0 amide bonds. The minimum atomic E-state index is -0.386. The van der Waals surface area contributed by atoms with Crippen LogP contribution in [0.1, 0.15) is 16.5 Å². The molecule has 0 bridgehead atoms. The first-order valence-electron chi connectivity index (χ1n) is 5.34. The van der Waals surface area contributed by atoms with Crippen LogP contribution in [0.4, 0.5) is 4.39 Å². The first-order valence-corrected chi connectivity index (χ1v) is 6.57. The first-order chi connectivity index (χ1) is 8.60. The van der Waals surface area contributed by atoms with Crippen LogP contribution in [0, 0.1) is 5.82 Å². The number of alkyl halides is 1. The summed E-state index contributed by atoms with van der Waals surface area (Å²) < 4.78 is 19.1. The van der Waals surface area contributed by atoms with Crippen molar-refractivity contribution < 1.29 is 9.13 Å². The lowest BCUT2D eigenvalue weighted by molar-refractivity contribution is 0.414. The van der Waals surface area contributed by atoms with Crippen LogP contribution in [-0.2, 0) is 0 Å². The molecule has 0 aromatic heterocycles. The molecule has 18 heavy (non-hydrogen) atoms. The Hall–Kier alpha value is -1.06. The molecule has 0 heterocycles. The van der Waals surface area contributed by atoms with Crippen molar-refractivity contribution in [1.82, 2.24) is 0 Å². The van der Waals surface area contributed by atoms with Gasteiger partial charge in [-0.25, -0.2) is 4.39 Å². The van der Waals surface area contributed by atoms with Crippen LogP contribution in [0.15, 0.2) is 46.9 Å². The predicted molar refractivity (Wildman–Crippen MR) is 74.8 cm³/mol. The molecule has 1 nitrogen and oxygen atoms in total. The van der Waals surface area contributed by atoms with Gasteiger partial charge >= 0.3 is 0 Å². The maximum atomic E-state index is 13.3. The highest BCUT2D eigenvalue weighted by atomic mass is 79.9. The molecule has 0 saturated carbocycles. The molecule has 0 N–H and O–H groups in total. The second kappa shape index (κ2) is 5.72. The molecule has 0 fully saturated rings. The fourth-order valence-corrected chi connectivity index (χ4v) is 2.44. The van der Waals surface area contributed by atoms with E-state index >= 15 is 0 Å². The second-order valence-electron chi connectivity index (χ2n) is 3.84. The largest absolute Gasteiger partial charge is 0.497 e. The van der Waals surface area contributed by atoms with Crippen LogP contribution >= 0.6 is 27.5 Å². The highest BCUT2D eigenvalue weighted by Gasteiger charge is 2.12. The maximum absolute atomic E-state index is 13.3. The van der Waals surface area contributed by atoms with Gasteiger partial charge in [-0.2, -0.15) is 0 Å². The summed E-state index contributed by atoms with van der Waals surface area (Å²) in [5.41, 5.74) is 1.61. The van der Waals surface area contributed by atoms with Crippen molar-refractivity contribution in [3.63, 3.8) is 0 Å². The van der Waals surface area contributed by atoms with Crippen LogP contribution in [0.3, 0.4) is 0 Å². The van der Waals surface area contributed by atoms with E-state index in [4.69, 9.17) is 16.3 Å². The van der Waals surface area contributed by atoms with Crippen LogP contribution < -0.4 is 4.74 Å². The summed E-state index contributed by atoms with van der Waals surface area (Å²) in [7, 11) is 1.61. The van der Waals surface area contributed by atoms with Gasteiger partial charge in [-0.3, -0.25) is 0 Å². The van der Waals surface area contributed by atoms with Crippen molar-refractivity contribution >= 4 is 27.5 Å². The van der Waals surface area contributed by atoms with E-state index in [0.717, 1.165) is 11.3 Å². The molecule has 0 spiro atoms. The number of methoxy groups -OCH3 is 1. The zero-order chi connectivity index (χ0) is 13.1. The summed E-state index contributed by atoms with van der Waals surface area (Å²) in [6, 6.07) is 12.1. The lowest BCUT2D eigenvalue weighted by Gasteiger charge is -2.11. The van der Waals surface area contributed by atoms with Crippen LogP contribution in [0.25, 0.3) is 0 Å². The van der Waals surface area contributed by atoms with Gasteiger partial charge in [-0.05, 0) is 41.5 Å².